The molecule has 27 heavy (non-hydrogen) atoms. The monoisotopic (exact) mass is 373 g/mol. The molecule has 7 nitrogen and oxygen atoms in total. The zero-order valence-electron chi connectivity index (χ0n) is 15.8. The van der Waals surface area contributed by atoms with E-state index in [1.807, 2.05) is 30.0 Å². The van der Waals surface area contributed by atoms with E-state index in [2.05, 4.69) is 11.4 Å². The summed E-state index contributed by atoms with van der Waals surface area (Å²) in [7, 11) is 0. The molecule has 7 heteroatoms. The molecule has 2 amide bonds. The van der Waals surface area contributed by atoms with Gasteiger partial charge in [-0.25, -0.2) is 0 Å². The molecule has 0 bridgehead atoms. The Hall–Kier alpha value is -2.57. The summed E-state index contributed by atoms with van der Waals surface area (Å²) in [5, 5.41) is 2.74. The van der Waals surface area contributed by atoms with Crippen molar-refractivity contribution in [3.8, 4) is 0 Å². The van der Waals surface area contributed by atoms with Crippen LogP contribution < -0.4 is 10.2 Å². The molecule has 1 atom stereocenters. The molecule has 1 saturated heterocycles. The Morgan fingerprint density at radius 2 is 2.07 bits per heavy atom. The number of benzene rings is 1. The molecule has 0 aromatic heterocycles. The topological polar surface area (TPSA) is 79.0 Å². The Labute approximate surface area is 159 Å². The Bertz CT molecular complexity index is 706. The zero-order chi connectivity index (χ0) is 19.2. The molecule has 2 aliphatic rings. The zero-order valence-corrected chi connectivity index (χ0v) is 15.8. The minimum Gasteiger partial charge on any atom is -0.466 e. The minimum atomic E-state index is -0.793. The number of ether oxygens (including phenoxy) is 1. The van der Waals surface area contributed by atoms with E-state index in [0.29, 0.717) is 19.7 Å². The van der Waals surface area contributed by atoms with Crippen LogP contribution >= 0.6 is 0 Å². The molecule has 2 aliphatic heterocycles. The number of carbonyl (C=O) groups excluding carboxylic acids is 3. The number of para-hydroxylation sites is 1. The standard InChI is InChI=1S/C20H27N3O4/c1-2-3-12-27-19(25)13-17-20(26)21-9-11-23(17)18(24)14-22-10-8-15-6-4-5-7-16(15)22/h4-7,17H,2-3,8-14H2,1H3,(H,21,26). The molecule has 3 rings (SSSR count). The Kier molecular flexibility index (Phi) is 6.32. The minimum absolute atomic E-state index is 0.0993. The highest BCUT2D eigenvalue weighted by molar-refractivity contribution is 5.93. The number of carbonyl (C=O) groups is 3. The van der Waals surface area contributed by atoms with Crippen molar-refractivity contribution in [2.45, 2.75) is 38.6 Å². The van der Waals surface area contributed by atoms with Crippen LogP contribution in [0.2, 0.25) is 0 Å². The first kappa shape index (κ1) is 19.2. The molecule has 2 heterocycles. The molecule has 0 radical (unpaired) electrons. The SMILES string of the molecule is CCCCOC(=O)CC1C(=O)NCCN1C(=O)CN1CCc2ccccc21. The lowest BCUT2D eigenvalue weighted by Gasteiger charge is -2.35. The van der Waals surface area contributed by atoms with E-state index in [9.17, 15) is 14.4 Å². The van der Waals surface area contributed by atoms with Crippen molar-refractivity contribution < 1.29 is 19.1 Å². The van der Waals surface area contributed by atoms with Gasteiger partial charge in [0.05, 0.1) is 19.6 Å². The van der Waals surface area contributed by atoms with E-state index in [1.165, 1.54) is 10.5 Å². The number of unbranched alkanes of at least 4 members (excludes halogenated alkanes) is 1. The third-order valence-electron chi connectivity index (χ3n) is 5.08. The molecule has 1 fully saturated rings. The molecule has 1 aromatic rings. The Morgan fingerprint density at radius 1 is 1.26 bits per heavy atom. The van der Waals surface area contributed by atoms with Crippen molar-refractivity contribution in [3.63, 3.8) is 0 Å². The molecular formula is C20H27N3O4. The first-order valence-electron chi connectivity index (χ1n) is 9.65. The van der Waals surface area contributed by atoms with Crippen molar-refractivity contribution in [1.82, 2.24) is 10.2 Å². The molecule has 1 unspecified atom stereocenters. The summed E-state index contributed by atoms with van der Waals surface area (Å²) < 4.78 is 5.17. The number of anilines is 1. The van der Waals surface area contributed by atoms with Gasteiger partial charge in [0.2, 0.25) is 11.8 Å². The van der Waals surface area contributed by atoms with Crippen LogP contribution in [-0.4, -0.2) is 61.5 Å². The number of nitrogens with one attached hydrogen (secondary N) is 1. The summed E-state index contributed by atoms with van der Waals surface area (Å²) in [4.78, 5) is 40.8. The van der Waals surface area contributed by atoms with Gasteiger partial charge < -0.3 is 19.9 Å². The fourth-order valence-corrected chi connectivity index (χ4v) is 3.59. The fraction of sp³-hybridized carbons (Fsp3) is 0.550. The van der Waals surface area contributed by atoms with Crippen molar-refractivity contribution >= 4 is 23.5 Å². The lowest BCUT2D eigenvalue weighted by atomic mass is 10.1. The maximum Gasteiger partial charge on any atom is 0.308 e. The quantitative estimate of drug-likeness (QED) is 0.572. The normalized spacial score (nSPS) is 18.9. The second kappa shape index (κ2) is 8.88. The largest absolute Gasteiger partial charge is 0.466 e. The number of hydrogen-bond acceptors (Lipinski definition) is 5. The number of amides is 2. The third-order valence-corrected chi connectivity index (χ3v) is 5.08. The van der Waals surface area contributed by atoms with Gasteiger partial charge in [-0.3, -0.25) is 14.4 Å². The van der Waals surface area contributed by atoms with Crippen LogP contribution in [0.5, 0.6) is 0 Å². The van der Waals surface area contributed by atoms with Crippen LogP contribution in [-0.2, 0) is 25.5 Å². The van der Waals surface area contributed by atoms with Crippen molar-refractivity contribution in [3.05, 3.63) is 29.8 Å². The predicted octanol–water partition coefficient (Wildman–Crippen LogP) is 1.11. The predicted molar refractivity (Wildman–Crippen MR) is 101 cm³/mol. The summed E-state index contributed by atoms with van der Waals surface area (Å²) in [5.41, 5.74) is 2.31. The van der Waals surface area contributed by atoms with Gasteiger partial charge in [-0.1, -0.05) is 31.5 Å². The fourth-order valence-electron chi connectivity index (χ4n) is 3.59. The van der Waals surface area contributed by atoms with Gasteiger partial charge in [-0.05, 0) is 24.5 Å². The first-order valence-corrected chi connectivity index (χ1v) is 9.65. The molecule has 1 aromatic carbocycles. The lowest BCUT2D eigenvalue weighted by Crippen LogP contribution is -2.59. The van der Waals surface area contributed by atoms with E-state index in [1.54, 1.807) is 0 Å². The van der Waals surface area contributed by atoms with Gasteiger partial charge in [0.1, 0.15) is 6.04 Å². The summed E-state index contributed by atoms with van der Waals surface area (Å²) >= 11 is 0. The third kappa shape index (κ3) is 4.59. The molecule has 0 saturated carbocycles. The van der Waals surface area contributed by atoms with E-state index in [4.69, 9.17) is 4.74 Å². The molecule has 146 valence electrons. The van der Waals surface area contributed by atoms with Gasteiger partial charge in [0.25, 0.3) is 0 Å². The van der Waals surface area contributed by atoms with Crippen LogP contribution in [0.3, 0.4) is 0 Å². The van der Waals surface area contributed by atoms with Gasteiger partial charge in [-0.2, -0.15) is 0 Å². The number of piperazine rings is 1. The number of rotatable bonds is 7. The van der Waals surface area contributed by atoms with E-state index >= 15 is 0 Å². The van der Waals surface area contributed by atoms with Gasteiger partial charge >= 0.3 is 5.97 Å². The Balaban J connectivity index is 1.63. The van der Waals surface area contributed by atoms with E-state index < -0.39 is 12.0 Å². The van der Waals surface area contributed by atoms with Crippen molar-refractivity contribution in [2.24, 2.45) is 0 Å². The van der Waals surface area contributed by atoms with Crippen molar-refractivity contribution in [2.75, 3.05) is 37.7 Å². The number of fused-ring (bicyclic) bond motifs is 1. The average Bonchev–Trinajstić information content (AvgIpc) is 3.06. The number of hydrogen-bond donors (Lipinski definition) is 1. The lowest BCUT2D eigenvalue weighted by molar-refractivity contribution is -0.151. The molecule has 0 aliphatic carbocycles. The average molecular weight is 373 g/mol. The van der Waals surface area contributed by atoms with Gasteiger partial charge in [0, 0.05) is 25.3 Å². The smallest absolute Gasteiger partial charge is 0.308 e. The van der Waals surface area contributed by atoms with E-state index in [0.717, 1.165) is 31.5 Å². The summed E-state index contributed by atoms with van der Waals surface area (Å²) in [6, 6.07) is 7.26. The first-order chi connectivity index (χ1) is 13.1. The van der Waals surface area contributed by atoms with Crippen LogP contribution in [0.4, 0.5) is 5.69 Å². The Morgan fingerprint density at radius 3 is 2.89 bits per heavy atom. The summed E-state index contributed by atoms with van der Waals surface area (Å²) in [5.74, 6) is -0.855. The molecular weight excluding hydrogens is 346 g/mol. The second-order valence-corrected chi connectivity index (χ2v) is 6.97. The van der Waals surface area contributed by atoms with Crippen LogP contribution in [0.1, 0.15) is 31.7 Å². The highest BCUT2D eigenvalue weighted by Crippen LogP contribution is 2.27. The van der Waals surface area contributed by atoms with Crippen LogP contribution in [0.15, 0.2) is 24.3 Å². The molecule has 0 spiro atoms. The number of nitrogens with zero attached hydrogens (tertiary/aromatic N) is 2. The number of esters is 1. The maximum absolute atomic E-state index is 12.9. The second-order valence-electron chi connectivity index (χ2n) is 6.97. The highest BCUT2D eigenvalue weighted by atomic mass is 16.5. The maximum atomic E-state index is 12.9. The van der Waals surface area contributed by atoms with Crippen molar-refractivity contribution in [1.29, 1.82) is 0 Å². The highest BCUT2D eigenvalue weighted by Gasteiger charge is 2.36. The van der Waals surface area contributed by atoms with Gasteiger partial charge in [-0.15, -0.1) is 0 Å². The summed E-state index contributed by atoms with van der Waals surface area (Å²) in [6.45, 7) is 4.18. The van der Waals surface area contributed by atoms with Crippen LogP contribution in [0.25, 0.3) is 0 Å². The van der Waals surface area contributed by atoms with E-state index in [-0.39, 0.29) is 24.8 Å². The summed E-state index contributed by atoms with van der Waals surface area (Å²) in [6.07, 6.45) is 2.54. The van der Waals surface area contributed by atoms with Crippen LogP contribution in [0, 0.1) is 0 Å². The molecule has 1 N–H and O–H groups in total. The van der Waals surface area contributed by atoms with Gasteiger partial charge in [0.15, 0.2) is 0 Å².